The van der Waals surface area contributed by atoms with Crippen LogP contribution >= 0.6 is 67.6 Å². The zero-order valence-electron chi connectivity index (χ0n) is 31.8. The first kappa shape index (κ1) is 48.4. The van der Waals surface area contributed by atoms with Crippen LogP contribution in [0.4, 0.5) is 0 Å². The van der Waals surface area contributed by atoms with Crippen LogP contribution in [0.3, 0.4) is 0 Å². The van der Waals surface area contributed by atoms with Crippen molar-refractivity contribution in [1.82, 2.24) is 49.3 Å². The second kappa shape index (κ2) is 23.5. The molecule has 0 bridgehead atoms. The molecule has 55 heavy (non-hydrogen) atoms. The first-order chi connectivity index (χ1) is 25.7. The molecule has 302 valence electrons. The minimum atomic E-state index is -3.63. The SMILES string of the molecule is CC(C)n1cc(I)cn1.CC(C)n1cc(S(=O)(=O)Cl)cn1.CC(C)n1cc(S(N)(=O)=O)cn1.CC(C)n1cc(SCc2ccccc2)cn1.Ic1cn[nH]c1. The second-order valence-corrected chi connectivity index (χ2v) is 20.3. The molecule has 3 N–H and O–H groups in total. The number of aromatic nitrogens is 10. The minimum absolute atomic E-state index is 0.0397. The summed E-state index contributed by atoms with van der Waals surface area (Å²) in [6.07, 6.45) is 16.9. The number of benzene rings is 1. The molecule has 0 atom stereocenters. The number of nitrogens with two attached hydrogens (primary N) is 1. The quantitative estimate of drug-likeness (QED) is 0.0808. The van der Waals surface area contributed by atoms with E-state index < -0.39 is 19.1 Å². The van der Waals surface area contributed by atoms with Gasteiger partial charge in [-0.1, -0.05) is 30.3 Å². The predicted molar refractivity (Wildman–Crippen MR) is 235 cm³/mol. The van der Waals surface area contributed by atoms with Gasteiger partial charge in [-0.25, -0.2) is 22.0 Å². The highest BCUT2D eigenvalue weighted by molar-refractivity contribution is 14.1. The summed E-state index contributed by atoms with van der Waals surface area (Å²) in [6.45, 7) is 16.1. The third-order valence-electron chi connectivity index (χ3n) is 6.74. The Kier molecular flexibility index (Phi) is 20.6. The number of hydrogen-bond donors (Lipinski definition) is 2. The van der Waals surface area contributed by atoms with Gasteiger partial charge in [-0.3, -0.25) is 23.8 Å². The van der Waals surface area contributed by atoms with Gasteiger partial charge in [0.1, 0.15) is 9.79 Å². The number of nitrogens with zero attached hydrogens (tertiary/aromatic N) is 9. The Morgan fingerprint density at radius 2 is 1.15 bits per heavy atom. The van der Waals surface area contributed by atoms with Crippen molar-refractivity contribution in [2.75, 3.05) is 0 Å². The monoisotopic (exact) mass is 1060 g/mol. The minimum Gasteiger partial charge on any atom is -0.285 e. The Morgan fingerprint density at radius 1 is 0.673 bits per heavy atom. The third kappa shape index (κ3) is 18.8. The van der Waals surface area contributed by atoms with Crippen LogP contribution in [0.5, 0.6) is 0 Å². The highest BCUT2D eigenvalue weighted by Crippen LogP contribution is 2.23. The average Bonchev–Trinajstić information content (AvgIpc) is 3.95. The summed E-state index contributed by atoms with van der Waals surface area (Å²) >= 11 is 6.26. The number of rotatable bonds is 9. The van der Waals surface area contributed by atoms with Crippen LogP contribution in [0, 0.1) is 7.14 Å². The normalized spacial score (nSPS) is 11.3. The van der Waals surface area contributed by atoms with E-state index in [2.05, 4.69) is 134 Å². The molecule has 0 aliphatic carbocycles. The van der Waals surface area contributed by atoms with E-state index in [1.54, 1.807) is 10.9 Å². The van der Waals surface area contributed by atoms with Crippen LogP contribution < -0.4 is 5.14 Å². The first-order valence-corrected chi connectivity index (χ1v) is 23.8. The largest absolute Gasteiger partial charge is 0.285 e. The molecule has 0 radical (unpaired) electrons. The van der Waals surface area contributed by atoms with Gasteiger partial charge in [0.25, 0.3) is 9.05 Å². The van der Waals surface area contributed by atoms with Crippen molar-refractivity contribution in [3.63, 3.8) is 0 Å². The molecular weight excluding hydrogens is 1010 g/mol. The fourth-order valence-corrected chi connectivity index (χ4v) is 6.34. The van der Waals surface area contributed by atoms with E-state index in [4.69, 9.17) is 15.8 Å². The Hall–Kier alpha value is -2.77. The zero-order valence-corrected chi connectivity index (χ0v) is 39.3. The molecule has 0 aliphatic rings. The van der Waals surface area contributed by atoms with E-state index >= 15 is 0 Å². The van der Waals surface area contributed by atoms with E-state index in [0.29, 0.717) is 12.1 Å². The topological polar surface area (TPSA) is 194 Å². The molecule has 0 saturated heterocycles. The van der Waals surface area contributed by atoms with Gasteiger partial charge in [0, 0.05) is 76.5 Å². The molecule has 5 aromatic heterocycles. The summed E-state index contributed by atoms with van der Waals surface area (Å²) in [6, 6.07) is 11.7. The van der Waals surface area contributed by atoms with Gasteiger partial charge in [-0.2, -0.15) is 25.5 Å². The number of thioether (sulfide) groups is 1. The lowest BCUT2D eigenvalue weighted by molar-refractivity contribution is 0.531. The van der Waals surface area contributed by atoms with Crippen LogP contribution in [0.1, 0.15) is 85.1 Å². The number of primary sulfonamides is 1. The van der Waals surface area contributed by atoms with Crippen LogP contribution in [-0.4, -0.2) is 66.2 Å². The third-order valence-corrected chi connectivity index (χ3v) is 11.1. The Bertz CT molecular complexity index is 2110. The van der Waals surface area contributed by atoms with Crippen LogP contribution in [-0.2, 0) is 24.8 Å². The molecule has 0 fully saturated rings. The lowest BCUT2D eigenvalue weighted by Gasteiger charge is -2.03. The van der Waals surface area contributed by atoms with Gasteiger partial charge in [0.15, 0.2) is 0 Å². The van der Waals surface area contributed by atoms with Crippen LogP contribution in [0.2, 0.25) is 0 Å². The molecule has 6 aromatic rings. The molecule has 1 aromatic carbocycles. The standard InChI is InChI=1S/C13H16N2S.C6H9ClN2O2S.C6H9IN2.C6H11N3O2S.C3H3IN2/c1-11(2)15-9-13(8-14-15)16-10-12-6-4-3-5-7-12;1-5(2)9-4-6(3-8-9)12(7,10)11;1-5(2)9-4-6(7)3-8-9;1-5(2)9-4-6(3-8-9)12(7,10)11;4-3-1-5-6-2-3/h3-9,11H,10H2,1-2H3;3-5H,1-2H3;3-5H,1-2H3;3-5H,1-2H3,(H2,7,10,11);1-2H,(H,5,6). The van der Waals surface area contributed by atoms with E-state index in [0.717, 1.165) is 9.32 Å². The number of hydrogen-bond acceptors (Lipinski definition) is 10. The summed E-state index contributed by atoms with van der Waals surface area (Å²) in [5.41, 5.74) is 1.35. The average molecular weight is 1060 g/mol. The summed E-state index contributed by atoms with van der Waals surface area (Å²) in [4.78, 5) is 1.33. The van der Waals surface area contributed by atoms with Crippen LogP contribution in [0.25, 0.3) is 0 Å². The van der Waals surface area contributed by atoms with Gasteiger partial charge in [0.05, 0.1) is 38.1 Å². The van der Waals surface area contributed by atoms with Gasteiger partial charge in [-0.05, 0) is 106 Å². The molecule has 6 rings (SSSR count). The number of aromatic amines is 1. The van der Waals surface area contributed by atoms with E-state index in [9.17, 15) is 16.8 Å². The number of sulfonamides is 1. The molecule has 15 nitrogen and oxygen atoms in total. The van der Waals surface area contributed by atoms with Crippen molar-refractivity contribution >= 4 is 86.7 Å². The molecule has 0 spiro atoms. The van der Waals surface area contributed by atoms with E-state index in [1.165, 1.54) is 43.5 Å². The number of nitrogens with one attached hydrogen (secondary N) is 1. The zero-order chi connectivity index (χ0) is 41.3. The molecule has 0 amide bonds. The van der Waals surface area contributed by atoms with Crippen molar-refractivity contribution in [1.29, 1.82) is 0 Å². The second-order valence-electron chi connectivity index (χ2n) is 12.7. The Morgan fingerprint density at radius 3 is 1.47 bits per heavy atom. The van der Waals surface area contributed by atoms with Gasteiger partial charge in [0.2, 0.25) is 10.0 Å². The maximum atomic E-state index is 10.8. The number of halogens is 3. The van der Waals surface area contributed by atoms with Gasteiger partial charge < -0.3 is 0 Å². The van der Waals surface area contributed by atoms with Gasteiger partial charge in [-0.15, -0.1) is 11.8 Å². The van der Waals surface area contributed by atoms with Crippen molar-refractivity contribution < 1.29 is 16.8 Å². The summed E-state index contributed by atoms with van der Waals surface area (Å²) in [7, 11) is -2.13. The molecule has 0 saturated carbocycles. The number of H-pyrrole nitrogens is 1. The Labute approximate surface area is 359 Å². The van der Waals surface area contributed by atoms with Crippen molar-refractivity contribution in [2.45, 2.75) is 100.0 Å². The molecular formula is C34H48ClI2N11O4S3. The smallest absolute Gasteiger partial charge is 0.264 e. The first-order valence-electron chi connectivity index (χ1n) is 16.8. The maximum Gasteiger partial charge on any atom is 0.264 e. The Balaban J connectivity index is 0.000000245. The van der Waals surface area contributed by atoms with Crippen molar-refractivity contribution in [3.05, 3.63) is 105 Å². The molecule has 5 heterocycles. The van der Waals surface area contributed by atoms with Crippen molar-refractivity contribution in [3.8, 4) is 0 Å². The predicted octanol–water partition coefficient (Wildman–Crippen LogP) is 8.34. The van der Waals surface area contributed by atoms with E-state index in [-0.39, 0.29) is 21.9 Å². The van der Waals surface area contributed by atoms with Crippen LogP contribution in [0.15, 0.2) is 107 Å². The molecule has 21 heteroatoms. The van der Waals surface area contributed by atoms with Gasteiger partial charge >= 0.3 is 0 Å². The summed E-state index contributed by atoms with van der Waals surface area (Å²) in [5.74, 6) is 1.00. The van der Waals surface area contributed by atoms with E-state index in [1.807, 2.05) is 79.7 Å². The maximum absolute atomic E-state index is 10.8. The molecule has 0 aliphatic heterocycles. The summed E-state index contributed by atoms with van der Waals surface area (Å²) in [5, 5.41) is 27.4. The fraction of sp³-hybridized carbons (Fsp3) is 0.382. The fourth-order valence-electron chi connectivity index (χ4n) is 3.73. The highest BCUT2D eigenvalue weighted by atomic mass is 127. The lowest BCUT2D eigenvalue weighted by Crippen LogP contribution is -2.11. The molecule has 0 unspecified atom stereocenters. The summed E-state index contributed by atoms with van der Waals surface area (Å²) < 4.78 is 52.5. The van der Waals surface area contributed by atoms with Crippen molar-refractivity contribution in [2.24, 2.45) is 5.14 Å². The lowest BCUT2D eigenvalue weighted by atomic mass is 10.2. The highest BCUT2D eigenvalue weighted by Gasteiger charge is 2.13.